The van der Waals surface area contributed by atoms with Crippen LogP contribution in [-0.4, -0.2) is 41.6 Å². The van der Waals surface area contributed by atoms with Crippen LogP contribution in [0.1, 0.15) is 53.9 Å². The topological polar surface area (TPSA) is 69.6 Å². The molecule has 5 nitrogen and oxygen atoms in total. The highest BCUT2D eigenvalue weighted by molar-refractivity contribution is 5.74. The van der Waals surface area contributed by atoms with Crippen LogP contribution in [0.25, 0.3) is 0 Å². The van der Waals surface area contributed by atoms with Crippen molar-refractivity contribution in [1.82, 2.24) is 10.2 Å². The van der Waals surface area contributed by atoms with Gasteiger partial charge in [0.1, 0.15) is 0 Å². The van der Waals surface area contributed by atoms with E-state index in [0.717, 1.165) is 25.9 Å². The molecule has 2 amide bonds. The second-order valence-corrected chi connectivity index (χ2v) is 6.61. The van der Waals surface area contributed by atoms with Gasteiger partial charge in [-0.05, 0) is 31.1 Å². The number of nitrogens with one attached hydrogen (secondary N) is 1. The minimum absolute atomic E-state index is 0.0751. The maximum atomic E-state index is 12.2. The monoisotopic (exact) mass is 300 g/mol. The average Bonchev–Trinajstić information content (AvgIpc) is 2.37. The molecule has 0 aromatic carbocycles. The number of hydrogen-bond acceptors (Lipinski definition) is 2. The Kier molecular flexibility index (Phi) is 9.84. The second kappa shape index (κ2) is 10.5. The van der Waals surface area contributed by atoms with Crippen molar-refractivity contribution in [3.8, 4) is 0 Å². The number of rotatable bonds is 10. The molecule has 0 aromatic rings. The first kappa shape index (κ1) is 19.7. The average molecular weight is 300 g/mol. The summed E-state index contributed by atoms with van der Waals surface area (Å²) in [6, 6.07) is -0.0751. The second-order valence-electron chi connectivity index (χ2n) is 6.61. The van der Waals surface area contributed by atoms with E-state index in [-0.39, 0.29) is 6.03 Å². The molecule has 0 aliphatic carbocycles. The molecule has 0 saturated heterocycles. The molecule has 0 rings (SSSR count). The third kappa shape index (κ3) is 10.2. The number of aliphatic carboxylic acids is 1. The van der Waals surface area contributed by atoms with Crippen LogP contribution in [0.3, 0.4) is 0 Å². The number of hydrogen-bond donors (Lipinski definition) is 2. The fourth-order valence-corrected chi connectivity index (χ4v) is 1.77. The Hall–Kier alpha value is -1.26. The lowest BCUT2D eigenvalue weighted by molar-refractivity contribution is -0.141. The Balaban J connectivity index is 4.25. The molecule has 1 unspecified atom stereocenters. The van der Waals surface area contributed by atoms with Gasteiger partial charge in [-0.2, -0.15) is 0 Å². The lowest BCUT2D eigenvalue weighted by Gasteiger charge is -2.25. The van der Waals surface area contributed by atoms with Crippen LogP contribution in [-0.2, 0) is 4.79 Å². The van der Waals surface area contributed by atoms with Crippen molar-refractivity contribution >= 4 is 12.0 Å². The van der Waals surface area contributed by atoms with Crippen LogP contribution in [0, 0.1) is 17.8 Å². The molecule has 21 heavy (non-hydrogen) atoms. The minimum atomic E-state index is -0.819. The van der Waals surface area contributed by atoms with Gasteiger partial charge in [0.05, 0.1) is 5.92 Å². The Morgan fingerprint density at radius 1 is 0.952 bits per heavy atom. The van der Waals surface area contributed by atoms with Gasteiger partial charge in [-0.3, -0.25) is 4.79 Å². The predicted molar refractivity (Wildman–Crippen MR) is 85.3 cm³/mol. The van der Waals surface area contributed by atoms with E-state index in [0.29, 0.717) is 24.8 Å². The van der Waals surface area contributed by atoms with Gasteiger partial charge in [0.25, 0.3) is 0 Å². The van der Waals surface area contributed by atoms with Crippen molar-refractivity contribution in [1.29, 1.82) is 0 Å². The minimum Gasteiger partial charge on any atom is -0.481 e. The highest BCUT2D eigenvalue weighted by Crippen LogP contribution is 2.07. The van der Waals surface area contributed by atoms with Crippen molar-refractivity contribution in [3.63, 3.8) is 0 Å². The molecule has 0 saturated carbocycles. The Morgan fingerprint density at radius 3 is 1.81 bits per heavy atom. The van der Waals surface area contributed by atoms with Gasteiger partial charge in [0.15, 0.2) is 0 Å². The number of urea groups is 1. The van der Waals surface area contributed by atoms with Gasteiger partial charge in [-0.15, -0.1) is 0 Å². The Labute approximate surface area is 129 Å². The molecule has 0 radical (unpaired) electrons. The molecule has 0 spiro atoms. The van der Waals surface area contributed by atoms with Gasteiger partial charge in [0, 0.05) is 19.6 Å². The van der Waals surface area contributed by atoms with E-state index in [2.05, 4.69) is 33.0 Å². The maximum absolute atomic E-state index is 12.2. The smallest absolute Gasteiger partial charge is 0.317 e. The normalized spacial score (nSPS) is 12.5. The standard InChI is InChI=1S/C16H32N2O3/c1-12(2)7-10-18(11-8-13(3)4)16(21)17-9-6-14(5)15(19)20/h12-14H,6-11H2,1-5H3,(H,17,21)(H,19,20). The van der Waals surface area contributed by atoms with E-state index in [1.54, 1.807) is 6.92 Å². The number of carbonyl (C=O) groups is 2. The van der Waals surface area contributed by atoms with Crippen LogP contribution in [0.2, 0.25) is 0 Å². The van der Waals surface area contributed by atoms with E-state index in [1.165, 1.54) is 0 Å². The van der Waals surface area contributed by atoms with Crippen molar-refractivity contribution in [3.05, 3.63) is 0 Å². The number of carboxylic acids is 1. The summed E-state index contributed by atoms with van der Waals surface area (Å²) in [5.74, 6) is -0.122. The maximum Gasteiger partial charge on any atom is 0.317 e. The molecule has 1 atom stereocenters. The van der Waals surface area contributed by atoms with Crippen LogP contribution in [0.4, 0.5) is 4.79 Å². The summed E-state index contributed by atoms with van der Waals surface area (Å²) in [6.07, 6.45) is 2.43. The van der Waals surface area contributed by atoms with E-state index >= 15 is 0 Å². The summed E-state index contributed by atoms with van der Waals surface area (Å²) in [5, 5.41) is 11.7. The number of nitrogens with zero attached hydrogens (tertiary/aromatic N) is 1. The molecule has 0 heterocycles. The molecule has 0 bridgehead atoms. The SMILES string of the molecule is CC(C)CCN(CCC(C)C)C(=O)NCCC(C)C(=O)O. The molecular formula is C16H32N2O3. The first-order valence-corrected chi connectivity index (χ1v) is 7.99. The van der Waals surface area contributed by atoms with E-state index in [1.807, 2.05) is 4.90 Å². The fourth-order valence-electron chi connectivity index (χ4n) is 1.77. The van der Waals surface area contributed by atoms with Gasteiger partial charge >= 0.3 is 12.0 Å². The lowest BCUT2D eigenvalue weighted by Crippen LogP contribution is -2.42. The number of carboxylic acid groups (broad SMARTS) is 1. The summed E-state index contributed by atoms with van der Waals surface area (Å²) in [7, 11) is 0. The summed E-state index contributed by atoms with van der Waals surface area (Å²) in [6.45, 7) is 12.2. The Bertz CT molecular complexity index is 305. The first-order valence-electron chi connectivity index (χ1n) is 7.99. The van der Waals surface area contributed by atoms with E-state index in [9.17, 15) is 9.59 Å². The zero-order valence-corrected chi connectivity index (χ0v) is 14.2. The van der Waals surface area contributed by atoms with Gasteiger partial charge in [-0.1, -0.05) is 34.6 Å². The van der Waals surface area contributed by atoms with E-state index < -0.39 is 11.9 Å². The third-order valence-electron chi connectivity index (χ3n) is 3.52. The predicted octanol–water partition coefficient (Wildman–Crippen LogP) is 3.20. The molecule has 5 heteroatoms. The summed E-state index contributed by atoms with van der Waals surface area (Å²) < 4.78 is 0. The quantitative estimate of drug-likeness (QED) is 0.651. The van der Waals surface area contributed by atoms with Crippen molar-refractivity contribution in [2.45, 2.75) is 53.9 Å². The molecule has 0 fully saturated rings. The van der Waals surface area contributed by atoms with Gasteiger partial charge in [0.2, 0.25) is 0 Å². The van der Waals surface area contributed by atoms with Gasteiger partial charge < -0.3 is 15.3 Å². The van der Waals surface area contributed by atoms with Crippen molar-refractivity contribution in [2.24, 2.45) is 17.8 Å². The third-order valence-corrected chi connectivity index (χ3v) is 3.52. The fraction of sp³-hybridized carbons (Fsp3) is 0.875. The zero-order chi connectivity index (χ0) is 16.4. The Morgan fingerprint density at radius 2 is 1.43 bits per heavy atom. The summed E-state index contributed by atoms with van der Waals surface area (Å²) >= 11 is 0. The lowest BCUT2D eigenvalue weighted by atomic mass is 10.1. The highest BCUT2D eigenvalue weighted by Gasteiger charge is 2.15. The molecule has 124 valence electrons. The highest BCUT2D eigenvalue weighted by atomic mass is 16.4. The van der Waals surface area contributed by atoms with Crippen LogP contribution in [0.15, 0.2) is 0 Å². The van der Waals surface area contributed by atoms with E-state index in [4.69, 9.17) is 5.11 Å². The molecule has 0 aliphatic rings. The zero-order valence-electron chi connectivity index (χ0n) is 14.2. The molecule has 0 aliphatic heterocycles. The molecular weight excluding hydrogens is 268 g/mol. The molecule has 0 aromatic heterocycles. The van der Waals surface area contributed by atoms with Crippen molar-refractivity contribution < 1.29 is 14.7 Å². The summed E-state index contributed by atoms with van der Waals surface area (Å²) in [4.78, 5) is 24.8. The van der Waals surface area contributed by atoms with Crippen molar-refractivity contribution in [2.75, 3.05) is 19.6 Å². The van der Waals surface area contributed by atoms with Crippen LogP contribution >= 0.6 is 0 Å². The molecule has 2 N–H and O–H groups in total. The largest absolute Gasteiger partial charge is 0.481 e. The first-order chi connectivity index (χ1) is 9.73. The van der Waals surface area contributed by atoms with Crippen LogP contribution in [0.5, 0.6) is 0 Å². The van der Waals surface area contributed by atoms with Crippen LogP contribution < -0.4 is 5.32 Å². The van der Waals surface area contributed by atoms with Gasteiger partial charge in [-0.25, -0.2) is 4.79 Å². The number of amides is 2. The number of carbonyl (C=O) groups excluding carboxylic acids is 1. The summed E-state index contributed by atoms with van der Waals surface area (Å²) in [5.41, 5.74) is 0.